The smallest absolute Gasteiger partial charge is 0.245 e. The summed E-state index contributed by atoms with van der Waals surface area (Å²) in [6.45, 7) is 0. The number of carbonyl (C=O) groups is 2. The second kappa shape index (κ2) is 7.53. The first-order valence-corrected chi connectivity index (χ1v) is 10.1. The highest BCUT2D eigenvalue weighted by Crippen LogP contribution is 2.48. The number of Topliss-reactive ketones (excluding diaryl/α,β-unsaturated/α-hetero) is 1. The van der Waals surface area contributed by atoms with Gasteiger partial charge in [0.2, 0.25) is 17.8 Å². The molecule has 0 unspecified atom stereocenters. The summed E-state index contributed by atoms with van der Waals surface area (Å²) in [5, 5.41) is 7.20. The molecule has 2 heterocycles. The van der Waals surface area contributed by atoms with Crippen molar-refractivity contribution in [2.75, 3.05) is 19.5 Å². The minimum Gasteiger partial charge on any atom is -0.493 e. The highest BCUT2D eigenvalue weighted by molar-refractivity contribution is 6.31. The van der Waals surface area contributed by atoms with Crippen molar-refractivity contribution in [1.29, 1.82) is 0 Å². The summed E-state index contributed by atoms with van der Waals surface area (Å²) in [6, 6.07) is 21.3. The van der Waals surface area contributed by atoms with Crippen LogP contribution in [0.2, 0.25) is 0 Å². The third-order valence-corrected chi connectivity index (χ3v) is 5.93. The van der Waals surface area contributed by atoms with Gasteiger partial charge < -0.3 is 19.6 Å². The van der Waals surface area contributed by atoms with Crippen LogP contribution < -0.4 is 14.8 Å². The average molecular weight is 428 g/mol. The summed E-state index contributed by atoms with van der Waals surface area (Å²) in [7, 11) is 3.08. The molecule has 0 radical (unpaired) electrons. The zero-order valence-electron chi connectivity index (χ0n) is 17.5. The van der Waals surface area contributed by atoms with Crippen LogP contribution in [0.4, 0.5) is 5.69 Å². The molecule has 0 fully saturated rings. The Kier molecular flexibility index (Phi) is 4.66. The van der Waals surface area contributed by atoms with Crippen LogP contribution in [0.3, 0.4) is 0 Å². The quantitative estimate of drug-likeness (QED) is 0.628. The Morgan fingerprint density at radius 3 is 2.44 bits per heavy atom. The van der Waals surface area contributed by atoms with E-state index >= 15 is 0 Å². The molecule has 2 aliphatic heterocycles. The van der Waals surface area contributed by atoms with Gasteiger partial charge in [-0.25, -0.2) is 0 Å². The molecule has 7 heteroatoms. The molecular weight excluding hydrogens is 408 g/mol. The number of ketones is 1. The van der Waals surface area contributed by atoms with Gasteiger partial charge in [0.15, 0.2) is 16.9 Å². The Hall–Kier alpha value is -4.13. The minimum atomic E-state index is -1.44. The lowest BCUT2D eigenvalue weighted by Crippen LogP contribution is -2.52. The van der Waals surface area contributed by atoms with Crippen LogP contribution in [0.5, 0.6) is 11.5 Å². The number of oxime groups is 1. The van der Waals surface area contributed by atoms with Crippen molar-refractivity contribution >= 4 is 23.1 Å². The molecule has 0 aromatic heterocycles. The highest BCUT2D eigenvalue weighted by atomic mass is 16.6. The molecule has 1 amide bonds. The Labute approximate surface area is 184 Å². The van der Waals surface area contributed by atoms with E-state index in [0.29, 0.717) is 39.6 Å². The lowest BCUT2D eigenvalue weighted by atomic mass is 9.69. The molecule has 3 aromatic carbocycles. The van der Waals surface area contributed by atoms with E-state index in [1.807, 2.05) is 24.3 Å². The molecular formula is C25H20N2O5. The topological polar surface area (TPSA) is 86.2 Å². The number of nitrogens with one attached hydrogen (secondary N) is 1. The molecule has 32 heavy (non-hydrogen) atoms. The van der Waals surface area contributed by atoms with Gasteiger partial charge in [-0.05, 0) is 24.3 Å². The monoisotopic (exact) mass is 428 g/mol. The zero-order valence-corrected chi connectivity index (χ0v) is 17.5. The number of amides is 1. The lowest BCUT2D eigenvalue weighted by molar-refractivity contribution is -0.120. The molecule has 3 aromatic rings. The highest BCUT2D eigenvalue weighted by Gasteiger charge is 2.64. The zero-order chi connectivity index (χ0) is 22.3. The number of anilines is 1. The summed E-state index contributed by atoms with van der Waals surface area (Å²) in [6.07, 6.45) is -1.16. The Morgan fingerprint density at radius 2 is 1.69 bits per heavy atom. The molecule has 1 N–H and O–H groups in total. The van der Waals surface area contributed by atoms with E-state index in [-0.39, 0.29) is 11.7 Å². The Morgan fingerprint density at radius 1 is 0.969 bits per heavy atom. The number of carbonyl (C=O) groups excluding carboxylic acids is 2. The van der Waals surface area contributed by atoms with Gasteiger partial charge in [-0.2, -0.15) is 0 Å². The van der Waals surface area contributed by atoms with Crippen molar-refractivity contribution in [3.63, 3.8) is 0 Å². The van der Waals surface area contributed by atoms with Crippen molar-refractivity contribution in [2.24, 2.45) is 5.16 Å². The van der Waals surface area contributed by atoms with E-state index in [2.05, 4.69) is 10.5 Å². The van der Waals surface area contributed by atoms with E-state index in [1.54, 1.807) is 55.6 Å². The molecule has 0 saturated heterocycles. The summed E-state index contributed by atoms with van der Waals surface area (Å²) in [5.74, 6) is 0.334. The molecule has 0 bridgehead atoms. The van der Waals surface area contributed by atoms with Crippen molar-refractivity contribution in [3.8, 4) is 11.5 Å². The van der Waals surface area contributed by atoms with E-state index < -0.39 is 11.5 Å². The fraction of sp³-hybridized carbons (Fsp3) is 0.160. The standard InChI is InChI=1S/C25H20N2O5/c1-30-19-13-12-16(14-20(19)31-2)22-25(17-10-6-7-11-18(17)26-24(25)29)23(32-27-22)21(28)15-8-4-3-5-9-15/h3-14,23H,1-2H3,(H,26,29)/t23-,25+/m1/s1. The summed E-state index contributed by atoms with van der Waals surface area (Å²) < 4.78 is 10.8. The third-order valence-electron chi connectivity index (χ3n) is 5.93. The van der Waals surface area contributed by atoms with Crippen LogP contribution in [0.1, 0.15) is 21.5 Å². The van der Waals surface area contributed by atoms with Gasteiger partial charge in [0.05, 0.1) is 14.2 Å². The second-order valence-electron chi connectivity index (χ2n) is 7.53. The number of para-hydroxylation sites is 1. The van der Waals surface area contributed by atoms with E-state index in [9.17, 15) is 9.59 Å². The summed E-state index contributed by atoms with van der Waals surface area (Å²) >= 11 is 0. The average Bonchev–Trinajstić information content (AvgIpc) is 3.38. The Balaban J connectivity index is 1.71. The second-order valence-corrected chi connectivity index (χ2v) is 7.53. The predicted molar refractivity (Wildman–Crippen MR) is 118 cm³/mol. The van der Waals surface area contributed by atoms with Gasteiger partial charge in [-0.15, -0.1) is 0 Å². The maximum Gasteiger partial charge on any atom is 0.245 e. The summed E-state index contributed by atoms with van der Waals surface area (Å²) in [4.78, 5) is 32.9. The van der Waals surface area contributed by atoms with Crippen LogP contribution in [0.25, 0.3) is 0 Å². The van der Waals surface area contributed by atoms with Crippen molar-refractivity contribution in [1.82, 2.24) is 0 Å². The Bertz CT molecular complexity index is 1250. The number of nitrogens with zero attached hydrogens (tertiary/aromatic N) is 1. The first-order valence-electron chi connectivity index (χ1n) is 10.1. The van der Waals surface area contributed by atoms with Crippen LogP contribution >= 0.6 is 0 Å². The molecule has 2 aliphatic rings. The number of methoxy groups -OCH3 is 2. The molecule has 2 atom stereocenters. The van der Waals surface area contributed by atoms with Crippen LogP contribution in [-0.4, -0.2) is 37.7 Å². The minimum absolute atomic E-state index is 0.323. The normalized spacial score (nSPS) is 20.9. The third kappa shape index (κ3) is 2.71. The van der Waals surface area contributed by atoms with Crippen LogP contribution in [-0.2, 0) is 15.0 Å². The molecule has 0 aliphatic carbocycles. The van der Waals surface area contributed by atoms with Gasteiger partial charge in [0.1, 0.15) is 5.71 Å². The van der Waals surface area contributed by atoms with Crippen molar-refractivity contribution in [2.45, 2.75) is 11.5 Å². The number of rotatable bonds is 5. The van der Waals surface area contributed by atoms with E-state index in [4.69, 9.17) is 14.3 Å². The number of benzene rings is 3. The number of hydrogen-bond donors (Lipinski definition) is 1. The molecule has 7 nitrogen and oxygen atoms in total. The van der Waals surface area contributed by atoms with Gasteiger partial charge in [-0.1, -0.05) is 53.7 Å². The first kappa shape index (κ1) is 19.8. The predicted octanol–water partition coefficient (Wildman–Crippen LogP) is 3.58. The maximum atomic E-state index is 13.6. The van der Waals surface area contributed by atoms with Crippen molar-refractivity contribution in [3.05, 3.63) is 89.5 Å². The van der Waals surface area contributed by atoms with E-state index in [0.717, 1.165) is 0 Å². The van der Waals surface area contributed by atoms with Crippen molar-refractivity contribution < 1.29 is 23.9 Å². The molecule has 1 spiro atoms. The van der Waals surface area contributed by atoms with Crippen LogP contribution in [0, 0.1) is 0 Å². The van der Waals surface area contributed by atoms with Gasteiger partial charge in [0, 0.05) is 22.4 Å². The van der Waals surface area contributed by atoms with Crippen LogP contribution in [0.15, 0.2) is 78.0 Å². The van der Waals surface area contributed by atoms with E-state index in [1.165, 1.54) is 7.11 Å². The largest absolute Gasteiger partial charge is 0.493 e. The number of fused-ring (bicyclic) bond motifs is 2. The first-order chi connectivity index (χ1) is 15.6. The number of hydrogen-bond acceptors (Lipinski definition) is 6. The maximum absolute atomic E-state index is 13.6. The number of ether oxygens (including phenoxy) is 2. The van der Waals surface area contributed by atoms with Gasteiger partial charge in [0.25, 0.3) is 0 Å². The van der Waals surface area contributed by atoms with Gasteiger partial charge in [-0.3, -0.25) is 9.59 Å². The fourth-order valence-electron chi connectivity index (χ4n) is 4.42. The lowest BCUT2D eigenvalue weighted by Gasteiger charge is -2.27. The SMILES string of the molecule is COc1ccc(C2=NO[C@H](C(=O)c3ccccc3)[C@@]23C(=O)Nc2ccccc23)cc1OC. The molecule has 5 rings (SSSR count). The summed E-state index contributed by atoms with van der Waals surface area (Å²) in [5.41, 5.74) is 1.21. The fourth-order valence-corrected chi connectivity index (χ4v) is 4.42. The van der Waals surface area contributed by atoms with Gasteiger partial charge >= 0.3 is 0 Å². The molecule has 0 saturated carbocycles. The molecule has 160 valence electrons.